The van der Waals surface area contributed by atoms with Crippen molar-refractivity contribution in [2.45, 2.75) is 20.3 Å². The summed E-state index contributed by atoms with van der Waals surface area (Å²) in [5.41, 5.74) is 0.787. The quantitative estimate of drug-likeness (QED) is 0.276. The van der Waals surface area contributed by atoms with Crippen LogP contribution in [0.1, 0.15) is 39.6 Å². The van der Waals surface area contributed by atoms with Crippen LogP contribution in [0.2, 0.25) is 0 Å². The van der Waals surface area contributed by atoms with Gasteiger partial charge in [0.2, 0.25) is 0 Å². The Morgan fingerprint density at radius 1 is 1.13 bits per heavy atom. The molecule has 0 spiro atoms. The van der Waals surface area contributed by atoms with E-state index in [0.29, 0.717) is 12.0 Å². The molecule has 0 saturated carbocycles. The summed E-state index contributed by atoms with van der Waals surface area (Å²) in [6.45, 7) is 3.26. The molecule has 0 aliphatic rings. The Morgan fingerprint density at radius 3 is 2.35 bits per heavy atom. The smallest absolute Gasteiger partial charge is 0.344 e. The molecule has 0 aliphatic heterocycles. The summed E-state index contributed by atoms with van der Waals surface area (Å²) < 4.78 is 5.21. The van der Waals surface area contributed by atoms with Crippen molar-refractivity contribution in [3.05, 3.63) is 69.3 Å². The fourth-order valence-corrected chi connectivity index (χ4v) is 2.12. The van der Waals surface area contributed by atoms with Crippen LogP contribution in [-0.4, -0.2) is 16.7 Å². The maximum atomic E-state index is 12.2. The first-order valence-corrected chi connectivity index (χ1v) is 7.03. The predicted octanol–water partition coefficient (Wildman–Crippen LogP) is 3.72. The van der Waals surface area contributed by atoms with E-state index in [1.165, 1.54) is 37.3 Å². The highest BCUT2D eigenvalue weighted by molar-refractivity contribution is 5.96. The number of nitro benzene ring substituents is 1. The molecule has 0 unspecified atom stereocenters. The van der Waals surface area contributed by atoms with Gasteiger partial charge in [0, 0.05) is 23.6 Å². The molecule has 23 heavy (non-hydrogen) atoms. The Bertz CT molecular complexity index is 765. The van der Waals surface area contributed by atoms with E-state index in [4.69, 9.17) is 4.74 Å². The third kappa shape index (κ3) is 3.60. The van der Waals surface area contributed by atoms with Gasteiger partial charge in [0.15, 0.2) is 5.78 Å². The third-order valence-electron chi connectivity index (χ3n) is 3.43. The van der Waals surface area contributed by atoms with Crippen LogP contribution < -0.4 is 4.74 Å². The molecule has 0 amide bonds. The van der Waals surface area contributed by atoms with Crippen LogP contribution in [0.4, 0.5) is 5.69 Å². The van der Waals surface area contributed by atoms with Crippen molar-refractivity contribution in [2.24, 2.45) is 0 Å². The van der Waals surface area contributed by atoms with Gasteiger partial charge >= 0.3 is 5.97 Å². The largest absolute Gasteiger partial charge is 0.423 e. The van der Waals surface area contributed by atoms with E-state index in [0.717, 1.165) is 0 Å². The number of rotatable bonds is 5. The third-order valence-corrected chi connectivity index (χ3v) is 3.43. The molecule has 118 valence electrons. The molecule has 6 nitrogen and oxygen atoms in total. The van der Waals surface area contributed by atoms with Crippen LogP contribution in [0.3, 0.4) is 0 Å². The summed E-state index contributed by atoms with van der Waals surface area (Å²) in [5, 5.41) is 10.9. The van der Waals surface area contributed by atoms with Crippen molar-refractivity contribution in [2.75, 3.05) is 0 Å². The van der Waals surface area contributed by atoms with Crippen LogP contribution in [-0.2, 0) is 0 Å². The summed E-state index contributed by atoms with van der Waals surface area (Å²) in [4.78, 5) is 34.1. The lowest BCUT2D eigenvalue weighted by Gasteiger charge is -2.07. The number of nitrogens with zero attached hydrogens (tertiary/aromatic N) is 1. The molecule has 0 radical (unpaired) electrons. The normalized spacial score (nSPS) is 10.2. The van der Waals surface area contributed by atoms with E-state index < -0.39 is 10.9 Å². The van der Waals surface area contributed by atoms with Crippen molar-refractivity contribution in [3.8, 4) is 5.75 Å². The highest BCUT2D eigenvalue weighted by Crippen LogP contribution is 2.23. The molecule has 0 saturated heterocycles. The summed E-state index contributed by atoms with van der Waals surface area (Å²) in [5.74, 6) is -0.410. The maximum Gasteiger partial charge on any atom is 0.344 e. The molecule has 0 N–H and O–H groups in total. The van der Waals surface area contributed by atoms with Gasteiger partial charge in [-0.15, -0.1) is 0 Å². The molecular formula is C17H15NO5. The average Bonchev–Trinajstić information content (AvgIpc) is 2.54. The van der Waals surface area contributed by atoms with Crippen molar-refractivity contribution in [3.63, 3.8) is 0 Å². The number of nitro groups is 1. The molecule has 2 rings (SSSR count). The minimum absolute atomic E-state index is 0.00240. The number of ether oxygens (including phenoxy) is 1. The maximum absolute atomic E-state index is 12.2. The lowest BCUT2D eigenvalue weighted by atomic mass is 10.1. The number of carbonyl (C=O) groups excluding carboxylic acids is 2. The minimum atomic E-state index is -0.680. The minimum Gasteiger partial charge on any atom is -0.423 e. The molecule has 0 heterocycles. The van der Waals surface area contributed by atoms with Crippen molar-refractivity contribution >= 4 is 17.4 Å². The van der Waals surface area contributed by atoms with Gasteiger partial charge < -0.3 is 4.74 Å². The van der Waals surface area contributed by atoms with E-state index >= 15 is 0 Å². The first kappa shape index (κ1) is 16.4. The number of carbonyl (C=O) groups is 2. The summed E-state index contributed by atoms with van der Waals surface area (Å²) in [7, 11) is 0. The Morgan fingerprint density at radius 2 is 1.78 bits per heavy atom. The zero-order valence-electron chi connectivity index (χ0n) is 12.7. The van der Waals surface area contributed by atoms with Gasteiger partial charge in [-0.25, -0.2) is 4.79 Å². The fraction of sp³-hybridized carbons (Fsp3) is 0.176. The predicted molar refractivity (Wildman–Crippen MR) is 83.9 cm³/mol. The molecule has 0 aromatic heterocycles. The van der Waals surface area contributed by atoms with Gasteiger partial charge in [0.1, 0.15) is 5.75 Å². The van der Waals surface area contributed by atoms with Crippen LogP contribution in [0.5, 0.6) is 5.75 Å². The van der Waals surface area contributed by atoms with Gasteiger partial charge in [-0.1, -0.05) is 13.0 Å². The van der Waals surface area contributed by atoms with Gasteiger partial charge in [0.25, 0.3) is 5.69 Å². The number of esters is 1. The Kier molecular flexibility index (Phi) is 4.85. The number of hydrogen-bond acceptors (Lipinski definition) is 5. The Labute approximate surface area is 132 Å². The van der Waals surface area contributed by atoms with Crippen LogP contribution in [0, 0.1) is 17.0 Å². The van der Waals surface area contributed by atoms with E-state index in [1.54, 1.807) is 19.1 Å². The first-order chi connectivity index (χ1) is 10.9. The SMILES string of the molecule is CCC(=O)c1ccc(OC(=O)c2cccc([N+](=O)[O-])c2C)cc1. The molecule has 0 bridgehead atoms. The van der Waals surface area contributed by atoms with E-state index in [9.17, 15) is 19.7 Å². The Hall–Kier alpha value is -3.02. The molecule has 0 fully saturated rings. The topological polar surface area (TPSA) is 86.5 Å². The molecule has 0 atom stereocenters. The second-order valence-electron chi connectivity index (χ2n) is 4.90. The summed E-state index contributed by atoms with van der Waals surface area (Å²) in [6, 6.07) is 10.4. The highest BCUT2D eigenvalue weighted by atomic mass is 16.6. The zero-order valence-corrected chi connectivity index (χ0v) is 12.7. The van der Waals surface area contributed by atoms with Crippen LogP contribution in [0.15, 0.2) is 42.5 Å². The Balaban J connectivity index is 2.21. The van der Waals surface area contributed by atoms with Gasteiger partial charge in [0.05, 0.1) is 10.5 Å². The van der Waals surface area contributed by atoms with E-state index in [1.807, 2.05) is 0 Å². The van der Waals surface area contributed by atoms with E-state index in [-0.39, 0.29) is 28.3 Å². The van der Waals surface area contributed by atoms with E-state index in [2.05, 4.69) is 0 Å². The second-order valence-corrected chi connectivity index (χ2v) is 4.90. The molecular weight excluding hydrogens is 298 g/mol. The van der Waals surface area contributed by atoms with Gasteiger partial charge in [-0.05, 0) is 37.3 Å². The standard InChI is InChI=1S/C17H15NO5/c1-3-16(19)12-7-9-13(10-8-12)23-17(20)14-5-4-6-15(11(14)2)18(21)22/h4-10H,3H2,1-2H3. The number of benzene rings is 2. The summed E-state index contributed by atoms with van der Waals surface area (Å²) in [6.07, 6.45) is 0.395. The van der Waals surface area contributed by atoms with Gasteiger partial charge in [-0.2, -0.15) is 0 Å². The first-order valence-electron chi connectivity index (χ1n) is 7.03. The van der Waals surface area contributed by atoms with Crippen LogP contribution in [0.25, 0.3) is 0 Å². The molecule has 2 aromatic rings. The van der Waals surface area contributed by atoms with Crippen molar-refractivity contribution in [1.82, 2.24) is 0 Å². The summed E-state index contributed by atoms with van der Waals surface area (Å²) >= 11 is 0. The fourth-order valence-electron chi connectivity index (χ4n) is 2.12. The average molecular weight is 313 g/mol. The van der Waals surface area contributed by atoms with Crippen LogP contribution >= 0.6 is 0 Å². The zero-order chi connectivity index (χ0) is 17.0. The molecule has 0 aliphatic carbocycles. The molecule has 6 heteroatoms. The lowest BCUT2D eigenvalue weighted by molar-refractivity contribution is -0.385. The lowest BCUT2D eigenvalue weighted by Crippen LogP contribution is -2.11. The number of Topliss-reactive ketones (excluding diaryl/α,β-unsaturated/α-hetero) is 1. The van der Waals surface area contributed by atoms with Crippen molar-refractivity contribution < 1.29 is 19.2 Å². The highest BCUT2D eigenvalue weighted by Gasteiger charge is 2.19. The van der Waals surface area contributed by atoms with Gasteiger partial charge in [-0.3, -0.25) is 14.9 Å². The van der Waals surface area contributed by atoms with Crippen molar-refractivity contribution in [1.29, 1.82) is 0 Å². The number of ketones is 1. The molecule has 2 aromatic carbocycles. The number of hydrogen-bond donors (Lipinski definition) is 0. The monoisotopic (exact) mass is 313 g/mol. The second kappa shape index (κ2) is 6.83.